The van der Waals surface area contributed by atoms with Gasteiger partial charge in [-0.05, 0) is 30.5 Å². The number of benzene rings is 1. The molecule has 0 saturated carbocycles. The largest absolute Gasteiger partial charge is 0.497 e. The summed E-state index contributed by atoms with van der Waals surface area (Å²) in [5, 5.41) is 13.5. The fourth-order valence-corrected chi connectivity index (χ4v) is 1.82. The molecule has 3 heteroatoms. The molecule has 3 unspecified atom stereocenters. The monoisotopic (exact) mass is 251 g/mol. The van der Waals surface area contributed by atoms with Crippen LogP contribution in [0.5, 0.6) is 5.75 Å². The van der Waals surface area contributed by atoms with Crippen LogP contribution in [0.3, 0.4) is 0 Å². The van der Waals surface area contributed by atoms with Gasteiger partial charge in [0, 0.05) is 12.6 Å². The van der Waals surface area contributed by atoms with Gasteiger partial charge >= 0.3 is 0 Å². The van der Waals surface area contributed by atoms with Crippen molar-refractivity contribution in [1.29, 1.82) is 0 Å². The number of nitrogens with one attached hydrogen (secondary N) is 1. The molecule has 3 atom stereocenters. The third kappa shape index (κ3) is 4.31. The maximum Gasteiger partial charge on any atom is 0.119 e. The number of hydrogen-bond acceptors (Lipinski definition) is 3. The van der Waals surface area contributed by atoms with Crippen LogP contribution in [0.15, 0.2) is 24.3 Å². The van der Waals surface area contributed by atoms with Crippen LogP contribution in [0.4, 0.5) is 0 Å². The Balaban J connectivity index is 2.51. The van der Waals surface area contributed by atoms with E-state index in [-0.39, 0.29) is 0 Å². The maximum atomic E-state index is 10.1. The van der Waals surface area contributed by atoms with Crippen molar-refractivity contribution in [3.63, 3.8) is 0 Å². The molecule has 0 bridgehead atoms. The lowest BCUT2D eigenvalue weighted by Gasteiger charge is -2.22. The minimum atomic E-state index is -0.494. The summed E-state index contributed by atoms with van der Waals surface area (Å²) in [6, 6.07) is 7.99. The van der Waals surface area contributed by atoms with Crippen molar-refractivity contribution in [2.45, 2.75) is 39.3 Å². The third-order valence-electron chi connectivity index (χ3n) is 3.61. The van der Waals surface area contributed by atoms with E-state index < -0.39 is 6.10 Å². The van der Waals surface area contributed by atoms with Gasteiger partial charge in [-0.1, -0.05) is 32.4 Å². The van der Waals surface area contributed by atoms with E-state index in [1.807, 2.05) is 24.3 Å². The number of ether oxygens (including phenoxy) is 1. The molecule has 0 aliphatic heterocycles. The second kappa shape index (κ2) is 7.39. The van der Waals surface area contributed by atoms with Crippen LogP contribution in [-0.2, 0) is 0 Å². The van der Waals surface area contributed by atoms with Crippen LogP contribution in [0, 0.1) is 5.92 Å². The highest BCUT2D eigenvalue weighted by Crippen LogP contribution is 2.19. The number of aliphatic hydroxyl groups is 1. The lowest BCUT2D eigenvalue weighted by atomic mass is 10.0. The third-order valence-corrected chi connectivity index (χ3v) is 3.61. The molecule has 1 rings (SSSR count). The normalized spacial score (nSPS) is 16.1. The van der Waals surface area contributed by atoms with Crippen LogP contribution in [0.1, 0.15) is 38.9 Å². The molecule has 1 aromatic rings. The van der Waals surface area contributed by atoms with E-state index in [2.05, 4.69) is 26.1 Å². The summed E-state index contributed by atoms with van der Waals surface area (Å²) in [6.45, 7) is 7.13. The lowest BCUT2D eigenvalue weighted by Crippen LogP contribution is -2.34. The fourth-order valence-electron chi connectivity index (χ4n) is 1.82. The summed E-state index contributed by atoms with van der Waals surface area (Å²) in [4.78, 5) is 0. The van der Waals surface area contributed by atoms with E-state index >= 15 is 0 Å². The first-order valence-corrected chi connectivity index (χ1v) is 6.63. The highest BCUT2D eigenvalue weighted by Gasteiger charge is 2.13. The van der Waals surface area contributed by atoms with E-state index in [9.17, 15) is 5.11 Å². The van der Waals surface area contributed by atoms with Crippen molar-refractivity contribution >= 4 is 0 Å². The number of aliphatic hydroxyl groups excluding tert-OH is 1. The minimum Gasteiger partial charge on any atom is -0.497 e. The molecule has 102 valence electrons. The molecule has 0 amide bonds. The summed E-state index contributed by atoms with van der Waals surface area (Å²) in [7, 11) is 1.63. The molecule has 2 N–H and O–H groups in total. The second-order valence-corrected chi connectivity index (χ2v) is 4.87. The first-order chi connectivity index (χ1) is 8.58. The lowest BCUT2D eigenvalue weighted by molar-refractivity contribution is 0.165. The number of hydrogen-bond donors (Lipinski definition) is 2. The van der Waals surface area contributed by atoms with Gasteiger partial charge in [-0.2, -0.15) is 0 Å². The van der Waals surface area contributed by atoms with Gasteiger partial charge in [-0.15, -0.1) is 0 Å². The molecular formula is C15H25NO2. The molecule has 3 nitrogen and oxygen atoms in total. The highest BCUT2D eigenvalue weighted by atomic mass is 16.5. The molecule has 0 spiro atoms. The zero-order valence-electron chi connectivity index (χ0n) is 11.8. The topological polar surface area (TPSA) is 41.5 Å². The van der Waals surface area contributed by atoms with Gasteiger partial charge in [-0.3, -0.25) is 0 Å². The van der Waals surface area contributed by atoms with Gasteiger partial charge in [0.2, 0.25) is 0 Å². The average Bonchev–Trinajstić information content (AvgIpc) is 2.43. The summed E-state index contributed by atoms with van der Waals surface area (Å²) in [5.41, 5.74) is 0.887. The smallest absolute Gasteiger partial charge is 0.119 e. The van der Waals surface area contributed by atoms with E-state index in [0.29, 0.717) is 18.5 Å². The average molecular weight is 251 g/mol. The Bertz CT molecular complexity index is 354. The van der Waals surface area contributed by atoms with Crippen LogP contribution < -0.4 is 10.1 Å². The predicted molar refractivity (Wildman–Crippen MR) is 74.9 cm³/mol. The number of methoxy groups -OCH3 is 1. The van der Waals surface area contributed by atoms with Crippen LogP contribution >= 0.6 is 0 Å². The number of rotatable bonds is 7. The molecule has 0 aromatic heterocycles. The van der Waals surface area contributed by atoms with Crippen molar-refractivity contribution in [2.24, 2.45) is 5.92 Å². The Morgan fingerprint density at radius 1 is 1.33 bits per heavy atom. The van der Waals surface area contributed by atoms with E-state index in [4.69, 9.17) is 4.74 Å². The van der Waals surface area contributed by atoms with Crippen molar-refractivity contribution in [1.82, 2.24) is 5.32 Å². The molecule has 1 aromatic carbocycles. The standard InChI is InChI=1S/C15H25NO2/c1-5-11(2)12(3)16-10-15(17)13-7-6-8-14(9-13)18-4/h6-9,11-12,15-17H,5,10H2,1-4H3. The molecule has 0 fully saturated rings. The van der Waals surface area contributed by atoms with Gasteiger partial charge in [0.1, 0.15) is 5.75 Å². The van der Waals surface area contributed by atoms with E-state index in [0.717, 1.165) is 17.7 Å². The maximum absolute atomic E-state index is 10.1. The molecule has 0 radical (unpaired) electrons. The van der Waals surface area contributed by atoms with Gasteiger partial charge in [0.05, 0.1) is 13.2 Å². The minimum absolute atomic E-state index is 0.412. The van der Waals surface area contributed by atoms with Gasteiger partial charge < -0.3 is 15.2 Å². The summed E-state index contributed by atoms with van der Waals surface area (Å²) in [6.07, 6.45) is 0.648. The van der Waals surface area contributed by atoms with E-state index in [1.54, 1.807) is 7.11 Å². The zero-order valence-corrected chi connectivity index (χ0v) is 11.8. The van der Waals surface area contributed by atoms with Crippen molar-refractivity contribution in [2.75, 3.05) is 13.7 Å². The van der Waals surface area contributed by atoms with Crippen molar-refractivity contribution in [3.8, 4) is 5.75 Å². The molecule has 18 heavy (non-hydrogen) atoms. The molecule has 0 saturated heterocycles. The molecule has 0 heterocycles. The molecular weight excluding hydrogens is 226 g/mol. The Hall–Kier alpha value is -1.06. The summed E-state index contributed by atoms with van der Waals surface area (Å²) < 4.78 is 5.15. The predicted octanol–water partition coefficient (Wildman–Crippen LogP) is 2.75. The zero-order chi connectivity index (χ0) is 13.5. The Labute approximate surface area is 110 Å². The van der Waals surface area contributed by atoms with Gasteiger partial charge in [0.25, 0.3) is 0 Å². The van der Waals surface area contributed by atoms with E-state index in [1.165, 1.54) is 0 Å². The Kier molecular flexibility index (Phi) is 6.16. The van der Waals surface area contributed by atoms with Crippen LogP contribution in [0.25, 0.3) is 0 Å². The Morgan fingerprint density at radius 3 is 2.67 bits per heavy atom. The van der Waals surface area contributed by atoms with Crippen molar-refractivity contribution in [3.05, 3.63) is 29.8 Å². The van der Waals surface area contributed by atoms with Gasteiger partial charge in [-0.25, -0.2) is 0 Å². The van der Waals surface area contributed by atoms with Gasteiger partial charge in [0.15, 0.2) is 0 Å². The molecule has 0 aliphatic carbocycles. The second-order valence-electron chi connectivity index (χ2n) is 4.87. The first kappa shape index (κ1) is 15.0. The van der Waals surface area contributed by atoms with Crippen LogP contribution in [0.2, 0.25) is 0 Å². The Morgan fingerprint density at radius 2 is 2.06 bits per heavy atom. The quantitative estimate of drug-likeness (QED) is 0.783. The first-order valence-electron chi connectivity index (χ1n) is 6.63. The summed E-state index contributed by atoms with van der Waals surface area (Å²) >= 11 is 0. The summed E-state index contributed by atoms with van der Waals surface area (Å²) in [5.74, 6) is 1.39. The van der Waals surface area contributed by atoms with Crippen molar-refractivity contribution < 1.29 is 9.84 Å². The SMILES string of the molecule is CCC(C)C(C)NCC(O)c1cccc(OC)c1. The highest BCUT2D eigenvalue weighted by molar-refractivity contribution is 5.29. The van der Waals surface area contributed by atoms with Crippen LogP contribution in [-0.4, -0.2) is 24.8 Å². The molecule has 0 aliphatic rings. The fraction of sp³-hybridized carbons (Fsp3) is 0.600.